The summed E-state index contributed by atoms with van der Waals surface area (Å²) in [5.41, 5.74) is 0.742. The summed E-state index contributed by atoms with van der Waals surface area (Å²) in [6.45, 7) is 0. The van der Waals surface area contributed by atoms with Gasteiger partial charge in [-0.2, -0.15) is 13.2 Å². The molecule has 2 nitrogen and oxygen atoms in total. The molecule has 5 heteroatoms. The van der Waals surface area contributed by atoms with Crippen molar-refractivity contribution in [1.82, 2.24) is 0 Å². The SMILES string of the molecule is Oc1ccc(Oc2cccc(-c3ccccc3)c2)cc1C(F)(F)F. The van der Waals surface area contributed by atoms with Gasteiger partial charge in [0.1, 0.15) is 22.8 Å². The smallest absolute Gasteiger partial charge is 0.420 e. The number of hydrogen-bond acceptors (Lipinski definition) is 2. The Kier molecular flexibility index (Phi) is 4.16. The summed E-state index contributed by atoms with van der Waals surface area (Å²) < 4.78 is 44.0. The average molecular weight is 330 g/mol. The van der Waals surface area contributed by atoms with Crippen LogP contribution in [0.4, 0.5) is 13.2 Å². The Morgan fingerprint density at radius 2 is 1.38 bits per heavy atom. The van der Waals surface area contributed by atoms with Crippen molar-refractivity contribution in [3.63, 3.8) is 0 Å². The summed E-state index contributed by atoms with van der Waals surface area (Å²) in [6.07, 6.45) is -4.64. The zero-order valence-corrected chi connectivity index (χ0v) is 12.4. The van der Waals surface area contributed by atoms with Crippen molar-refractivity contribution in [3.05, 3.63) is 78.4 Å². The van der Waals surface area contributed by atoms with Crippen molar-refractivity contribution >= 4 is 0 Å². The zero-order chi connectivity index (χ0) is 17.2. The predicted octanol–water partition coefficient (Wildman–Crippen LogP) is 5.87. The van der Waals surface area contributed by atoms with E-state index in [9.17, 15) is 18.3 Å². The highest BCUT2D eigenvalue weighted by Gasteiger charge is 2.34. The van der Waals surface area contributed by atoms with Crippen LogP contribution in [0.2, 0.25) is 0 Å². The molecule has 0 spiro atoms. The molecule has 0 aliphatic rings. The standard InChI is InChI=1S/C19H13F3O2/c20-19(21,22)17-12-16(9-10-18(17)23)24-15-8-4-7-14(11-15)13-5-2-1-3-6-13/h1-12,23H. The Hall–Kier alpha value is -2.95. The second-order valence-electron chi connectivity index (χ2n) is 5.17. The first-order valence-corrected chi connectivity index (χ1v) is 7.17. The van der Waals surface area contributed by atoms with E-state index >= 15 is 0 Å². The van der Waals surface area contributed by atoms with Crippen molar-refractivity contribution in [1.29, 1.82) is 0 Å². The average Bonchev–Trinajstić information content (AvgIpc) is 2.57. The molecule has 0 saturated heterocycles. The molecule has 0 bridgehead atoms. The van der Waals surface area contributed by atoms with Gasteiger partial charge in [-0.3, -0.25) is 0 Å². The van der Waals surface area contributed by atoms with Crippen LogP contribution in [-0.2, 0) is 6.18 Å². The number of benzene rings is 3. The molecular weight excluding hydrogens is 317 g/mol. The lowest BCUT2D eigenvalue weighted by Crippen LogP contribution is -2.05. The fourth-order valence-electron chi connectivity index (χ4n) is 2.31. The molecule has 0 radical (unpaired) electrons. The molecule has 0 aliphatic heterocycles. The van der Waals surface area contributed by atoms with E-state index in [0.717, 1.165) is 23.3 Å². The maximum atomic E-state index is 12.8. The van der Waals surface area contributed by atoms with Gasteiger partial charge >= 0.3 is 6.18 Å². The number of rotatable bonds is 3. The lowest BCUT2D eigenvalue weighted by atomic mass is 10.1. The zero-order valence-electron chi connectivity index (χ0n) is 12.4. The third-order valence-electron chi connectivity index (χ3n) is 3.45. The molecule has 0 heterocycles. The van der Waals surface area contributed by atoms with E-state index in [1.807, 2.05) is 36.4 Å². The van der Waals surface area contributed by atoms with E-state index in [-0.39, 0.29) is 5.75 Å². The molecule has 3 aromatic rings. The molecule has 0 aliphatic carbocycles. The van der Waals surface area contributed by atoms with Crippen molar-refractivity contribution in [2.75, 3.05) is 0 Å². The summed E-state index contributed by atoms with van der Waals surface area (Å²) in [5.74, 6) is -0.409. The highest BCUT2D eigenvalue weighted by atomic mass is 19.4. The van der Waals surface area contributed by atoms with Crippen LogP contribution in [0.3, 0.4) is 0 Å². The maximum absolute atomic E-state index is 12.8. The predicted molar refractivity (Wildman–Crippen MR) is 85.1 cm³/mol. The molecule has 0 atom stereocenters. The number of aromatic hydroxyl groups is 1. The van der Waals surface area contributed by atoms with Gasteiger partial charge in [0.15, 0.2) is 0 Å². The van der Waals surface area contributed by atoms with E-state index in [0.29, 0.717) is 5.75 Å². The third kappa shape index (κ3) is 3.51. The largest absolute Gasteiger partial charge is 0.507 e. The fraction of sp³-hybridized carbons (Fsp3) is 0.0526. The molecular formula is C19H13F3O2. The Bertz CT molecular complexity index is 843. The first-order chi connectivity index (χ1) is 11.4. The van der Waals surface area contributed by atoms with Gasteiger partial charge in [-0.25, -0.2) is 0 Å². The number of halogens is 3. The number of alkyl halides is 3. The van der Waals surface area contributed by atoms with Gasteiger partial charge in [0, 0.05) is 0 Å². The Labute approximate surface area is 136 Å². The van der Waals surface area contributed by atoms with E-state index < -0.39 is 17.5 Å². The first kappa shape index (κ1) is 15.9. The Morgan fingerprint density at radius 3 is 2.08 bits per heavy atom. The van der Waals surface area contributed by atoms with Crippen LogP contribution in [-0.4, -0.2) is 5.11 Å². The van der Waals surface area contributed by atoms with Crippen LogP contribution >= 0.6 is 0 Å². The second kappa shape index (κ2) is 6.28. The molecule has 0 saturated carbocycles. The highest BCUT2D eigenvalue weighted by Crippen LogP contribution is 2.38. The van der Waals surface area contributed by atoms with Gasteiger partial charge in [0.05, 0.1) is 0 Å². The minimum atomic E-state index is -4.64. The third-order valence-corrected chi connectivity index (χ3v) is 3.45. The Morgan fingerprint density at radius 1 is 0.708 bits per heavy atom. The van der Waals surface area contributed by atoms with Crippen LogP contribution in [0.5, 0.6) is 17.2 Å². The fourth-order valence-corrected chi connectivity index (χ4v) is 2.31. The lowest BCUT2D eigenvalue weighted by Gasteiger charge is -2.12. The summed E-state index contributed by atoms with van der Waals surface area (Å²) in [5, 5.41) is 9.35. The molecule has 0 amide bonds. The van der Waals surface area contributed by atoms with Gasteiger partial charge in [-0.05, 0) is 41.5 Å². The van der Waals surface area contributed by atoms with Crippen LogP contribution in [0, 0.1) is 0 Å². The molecule has 1 N–H and O–H groups in total. The van der Waals surface area contributed by atoms with Gasteiger partial charge in [0.25, 0.3) is 0 Å². The number of hydrogen-bond donors (Lipinski definition) is 1. The van der Waals surface area contributed by atoms with Gasteiger partial charge in [-0.15, -0.1) is 0 Å². The van der Waals surface area contributed by atoms with E-state index in [4.69, 9.17) is 4.74 Å². The summed E-state index contributed by atoms with van der Waals surface area (Å²) in [4.78, 5) is 0. The topological polar surface area (TPSA) is 29.5 Å². The quantitative estimate of drug-likeness (QED) is 0.651. The molecule has 122 valence electrons. The van der Waals surface area contributed by atoms with Crippen molar-refractivity contribution in [2.45, 2.75) is 6.18 Å². The molecule has 0 aromatic heterocycles. The number of phenolic OH excluding ortho intramolecular Hbond substituents is 1. The van der Waals surface area contributed by atoms with Crippen LogP contribution < -0.4 is 4.74 Å². The first-order valence-electron chi connectivity index (χ1n) is 7.17. The Balaban J connectivity index is 1.90. The second-order valence-corrected chi connectivity index (χ2v) is 5.17. The van der Waals surface area contributed by atoms with Crippen molar-refractivity contribution in [3.8, 4) is 28.4 Å². The number of phenols is 1. The van der Waals surface area contributed by atoms with Gasteiger partial charge in [-0.1, -0.05) is 42.5 Å². The molecule has 24 heavy (non-hydrogen) atoms. The van der Waals surface area contributed by atoms with E-state index in [1.54, 1.807) is 18.2 Å². The monoisotopic (exact) mass is 330 g/mol. The van der Waals surface area contributed by atoms with Gasteiger partial charge in [0.2, 0.25) is 0 Å². The summed E-state index contributed by atoms with van der Waals surface area (Å²) >= 11 is 0. The number of ether oxygens (including phenoxy) is 1. The summed E-state index contributed by atoms with van der Waals surface area (Å²) in [6, 6.07) is 19.7. The van der Waals surface area contributed by atoms with E-state index in [2.05, 4.69) is 0 Å². The van der Waals surface area contributed by atoms with E-state index in [1.165, 1.54) is 6.07 Å². The lowest BCUT2D eigenvalue weighted by molar-refractivity contribution is -0.138. The van der Waals surface area contributed by atoms with Crippen molar-refractivity contribution in [2.24, 2.45) is 0 Å². The highest BCUT2D eigenvalue weighted by molar-refractivity contribution is 5.65. The van der Waals surface area contributed by atoms with Crippen LogP contribution in [0.25, 0.3) is 11.1 Å². The minimum Gasteiger partial charge on any atom is -0.507 e. The molecule has 0 fully saturated rings. The molecule has 3 aromatic carbocycles. The van der Waals surface area contributed by atoms with Crippen LogP contribution in [0.1, 0.15) is 5.56 Å². The maximum Gasteiger partial charge on any atom is 0.420 e. The molecule has 3 rings (SSSR count). The molecule has 0 unspecified atom stereocenters. The minimum absolute atomic E-state index is 0.00494. The normalized spacial score (nSPS) is 11.3. The summed E-state index contributed by atoms with van der Waals surface area (Å²) in [7, 11) is 0. The van der Waals surface area contributed by atoms with Crippen LogP contribution in [0.15, 0.2) is 72.8 Å². The van der Waals surface area contributed by atoms with Crippen molar-refractivity contribution < 1.29 is 23.0 Å². The van der Waals surface area contributed by atoms with Gasteiger partial charge < -0.3 is 9.84 Å².